The van der Waals surface area contributed by atoms with Crippen molar-refractivity contribution in [2.45, 2.75) is 12.8 Å². The van der Waals surface area contributed by atoms with E-state index < -0.39 is 0 Å². The predicted octanol–water partition coefficient (Wildman–Crippen LogP) is 2.05. The number of methoxy groups -OCH3 is 1. The largest absolute Gasteiger partial charge is 0.469 e. The summed E-state index contributed by atoms with van der Waals surface area (Å²) in [5.74, 6) is 0.245. The molecule has 0 aliphatic heterocycles. The molecule has 0 bridgehead atoms. The molecule has 9 heteroatoms. The van der Waals surface area contributed by atoms with Crippen molar-refractivity contribution in [3.8, 4) is 17.1 Å². The topological polar surface area (TPSA) is 116 Å². The van der Waals surface area contributed by atoms with Crippen molar-refractivity contribution >= 4 is 24.2 Å². The number of halogens is 1. The molecule has 1 aromatic heterocycles. The average molecular weight is 416 g/mol. The quantitative estimate of drug-likeness (QED) is 0.363. The Labute approximate surface area is 173 Å². The Morgan fingerprint density at radius 2 is 1.76 bits per heavy atom. The fourth-order valence-corrected chi connectivity index (χ4v) is 2.81. The van der Waals surface area contributed by atoms with E-state index in [9.17, 15) is 9.59 Å². The lowest BCUT2D eigenvalue weighted by Gasteiger charge is -2.03. The first kappa shape index (κ1) is 21.9. The number of hydrogen-bond donors (Lipinski definition) is 2. The molecule has 0 saturated carbocycles. The van der Waals surface area contributed by atoms with Crippen LogP contribution < -0.4 is 11.4 Å². The number of amidine groups is 1. The maximum absolute atomic E-state index is 12.6. The number of carbonyl (C=O) groups excluding carboxylic acids is 1. The Balaban J connectivity index is 0.00000300. The van der Waals surface area contributed by atoms with Crippen LogP contribution in [0.1, 0.15) is 17.5 Å². The van der Waals surface area contributed by atoms with Gasteiger partial charge in [-0.15, -0.1) is 17.5 Å². The standard InChI is InChI=1S/C20H21N5O3.ClH/c1-24-19(15-6-3-13(4-7-15)5-12-17(26)28-2)23-25(20(24)27)16-10-8-14(9-11-16)18(21)22;/h3-4,6-11H,5,12H2,1-2H3,(H3,21,22);1H. The Kier molecular flexibility index (Phi) is 6.95. The zero-order valence-corrected chi connectivity index (χ0v) is 16.9. The summed E-state index contributed by atoms with van der Waals surface area (Å²) in [6, 6.07) is 14.3. The molecule has 0 aliphatic rings. The minimum atomic E-state index is -0.277. The normalized spacial score (nSPS) is 10.3. The number of benzene rings is 2. The van der Waals surface area contributed by atoms with Gasteiger partial charge in [0.1, 0.15) is 5.84 Å². The summed E-state index contributed by atoms with van der Waals surface area (Å²) < 4.78 is 7.44. The van der Waals surface area contributed by atoms with E-state index in [-0.39, 0.29) is 29.9 Å². The maximum Gasteiger partial charge on any atom is 0.350 e. The van der Waals surface area contributed by atoms with Crippen LogP contribution >= 0.6 is 12.4 Å². The van der Waals surface area contributed by atoms with Crippen molar-refractivity contribution in [2.75, 3.05) is 7.11 Å². The first-order valence-electron chi connectivity index (χ1n) is 8.67. The lowest BCUT2D eigenvalue weighted by Crippen LogP contribution is -2.22. The minimum Gasteiger partial charge on any atom is -0.469 e. The number of nitrogen functional groups attached to an aromatic ring is 1. The highest BCUT2D eigenvalue weighted by Gasteiger charge is 2.14. The van der Waals surface area contributed by atoms with Gasteiger partial charge in [0.2, 0.25) is 0 Å². The van der Waals surface area contributed by atoms with Crippen LogP contribution in [0.2, 0.25) is 0 Å². The smallest absolute Gasteiger partial charge is 0.350 e. The van der Waals surface area contributed by atoms with Crippen molar-refractivity contribution in [1.29, 1.82) is 5.41 Å². The second-order valence-electron chi connectivity index (χ2n) is 6.31. The number of carbonyl (C=O) groups is 1. The van der Waals surface area contributed by atoms with Gasteiger partial charge in [-0.2, -0.15) is 4.68 Å². The fourth-order valence-electron chi connectivity index (χ4n) is 2.81. The molecule has 152 valence electrons. The second kappa shape index (κ2) is 9.20. The van der Waals surface area contributed by atoms with Crippen LogP contribution in [-0.2, 0) is 23.0 Å². The fraction of sp³-hybridized carbons (Fsp3) is 0.200. The summed E-state index contributed by atoms with van der Waals surface area (Å²) >= 11 is 0. The molecule has 3 N–H and O–H groups in total. The predicted molar refractivity (Wildman–Crippen MR) is 113 cm³/mol. The van der Waals surface area contributed by atoms with Crippen LogP contribution in [0.25, 0.3) is 17.1 Å². The summed E-state index contributed by atoms with van der Waals surface area (Å²) in [7, 11) is 3.03. The van der Waals surface area contributed by atoms with Crippen LogP contribution in [0.5, 0.6) is 0 Å². The minimum absolute atomic E-state index is 0. The van der Waals surface area contributed by atoms with E-state index in [1.165, 1.54) is 16.4 Å². The number of nitrogens with two attached hydrogens (primary N) is 1. The number of rotatable bonds is 6. The SMILES string of the molecule is COC(=O)CCc1ccc(-c2nn(-c3ccc(C(=N)N)cc3)c(=O)n2C)cc1.Cl. The highest BCUT2D eigenvalue weighted by Crippen LogP contribution is 2.18. The highest BCUT2D eigenvalue weighted by molar-refractivity contribution is 5.95. The van der Waals surface area contributed by atoms with Gasteiger partial charge in [0.05, 0.1) is 12.8 Å². The van der Waals surface area contributed by atoms with Crippen molar-refractivity contribution in [3.05, 3.63) is 70.1 Å². The lowest BCUT2D eigenvalue weighted by atomic mass is 10.1. The van der Waals surface area contributed by atoms with Gasteiger partial charge in [-0.05, 0) is 36.2 Å². The van der Waals surface area contributed by atoms with Gasteiger partial charge >= 0.3 is 11.7 Å². The van der Waals surface area contributed by atoms with Crippen molar-refractivity contribution in [1.82, 2.24) is 14.3 Å². The van der Waals surface area contributed by atoms with Crippen LogP contribution in [-0.4, -0.2) is 33.3 Å². The summed E-state index contributed by atoms with van der Waals surface area (Å²) in [6.07, 6.45) is 0.905. The average Bonchev–Trinajstić information content (AvgIpc) is 3.01. The summed E-state index contributed by atoms with van der Waals surface area (Å²) in [6.45, 7) is 0. The molecule has 0 unspecified atom stereocenters. The third-order valence-electron chi connectivity index (χ3n) is 4.46. The molecule has 3 rings (SSSR count). The molecule has 0 radical (unpaired) electrons. The van der Waals surface area contributed by atoms with Gasteiger partial charge in [0.15, 0.2) is 5.82 Å². The van der Waals surface area contributed by atoms with Gasteiger partial charge in [0, 0.05) is 24.6 Å². The molecule has 0 saturated heterocycles. The summed E-state index contributed by atoms with van der Waals surface area (Å²) in [5.41, 5.74) is 8.15. The third-order valence-corrected chi connectivity index (χ3v) is 4.46. The highest BCUT2D eigenvalue weighted by atomic mass is 35.5. The van der Waals surface area contributed by atoms with Gasteiger partial charge in [0.25, 0.3) is 0 Å². The number of aryl methyl sites for hydroxylation is 1. The lowest BCUT2D eigenvalue weighted by molar-refractivity contribution is -0.140. The van der Waals surface area contributed by atoms with E-state index >= 15 is 0 Å². The monoisotopic (exact) mass is 415 g/mol. The van der Waals surface area contributed by atoms with Crippen LogP contribution in [0.3, 0.4) is 0 Å². The maximum atomic E-state index is 12.6. The second-order valence-corrected chi connectivity index (χ2v) is 6.31. The third kappa shape index (κ3) is 4.72. The van der Waals surface area contributed by atoms with Crippen molar-refractivity contribution < 1.29 is 9.53 Å². The van der Waals surface area contributed by atoms with Crippen LogP contribution in [0.4, 0.5) is 0 Å². The molecular formula is C20H22ClN5O3. The Bertz CT molecular complexity index is 1070. The van der Waals surface area contributed by atoms with E-state index in [1.807, 2.05) is 24.3 Å². The molecule has 0 atom stereocenters. The van der Waals surface area contributed by atoms with Gasteiger partial charge in [-0.25, -0.2) is 4.79 Å². The van der Waals surface area contributed by atoms with Crippen molar-refractivity contribution in [2.24, 2.45) is 12.8 Å². The molecular weight excluding hydrogens is 394 g/mol. The summed E-state index contributed by atoms with van der Waals surface area (Å²) in [5, 5.41) is 11.9. The van der Waals surface area contributed by atoms with Crippen LogP contribution in [0, 0.1) is 5.41 Å². The number of aromatic nitrogens is 3. The molecule has 0 spiro atoms. The van der Waals surface area contributed by atoms with E-state index in [2.05, 4.69) is 9.84 Å². The van der Waals surface area contributed by atoms with Gasteiger partial charge < -0.3 is 10.5 Å². The Morgan fingerprint density at radius 1 is 1.14 bits per heavy atom. The first-order chi connectivity index (χ1) is 13.4. The van der Waals surface area contributed by atoms with Gasteiger partial charge in [-0.3, -0.25) is 14.8 Å². The number of esters is 1. The van der Waals surface area contributed by atoms with E-state index in [4.69, 9.17) is 11.1 Å². The molecule has 29 heavy (non-hydrogen) atoms. The zero-order valence-electron chi connectivity index (χ0n) is 16.1. The first-order valence-corrected chi connectivity index (χ1v) is 8.67. The van der Waals surface area contributed by atoms with Crippen LogP contribution in [0.15, 0.2) is 53.3 Å². The molecule has 1 heterocycles. The molecule has 3 aromatic rings. The van der Waals surface area contributed by atoms with E-state index in [1.54, 1.807) is 31.3 Å². The molecule has 8 nitrogen and oxygen atoms in total. The molecule has 0 fully saturated rings. The van der Waals surface area contributed by atoms with E-state index in [0.29, 0.717) is 29.9 Å². The summed E-state index contributed by atoms with van der Waals surface area (Å²) in [4.78, 5) is 23.9. The molecule has 2 aromatic carbocycles. The molecule has 0 amide bonds. The van der Waals surface area contributed by atoms with Gasteiger partial charge in [-0.1, -0.05) is 24.3 Å². The number of nitrogens with zero attached hydrogens (tertiary/aromatic N) is 3. The Morgan fingerprint density at radius 3 is 2.31 bits per heavy atom. The zero-order chi connectivity index (χ0) is 20.3. The van der Waals surface area contributed by atoms with Crippen molar-refractivity contribution in [3.63, 3.8) is 0 Å². The van der Waals surface area contributed by atoms with E-state index in [0.717, 1.165) is 11.1 Å². The number of ether oxygens (including phenoxy) is 1. The number of hydrogen-bond acceptors (Lipinski definition) is 5. The molecule has 0 aliphatic carbocycles. The Hall–Kier alpha value is -3.39. The number of nitrogens with one attached hydrogen (secondary N) is 1.